The van der Waals surface area contributed by atoms with E-state index in [0.717, 1.165) is 6.07 Å². The zero-order chi connectivity index (χ0) is 12.3. The SMILES string of the molecule is CCCc1ccc(C(F)(F)F)cc1C(=O)O. The number of rotatable bonds is 3. The molecule has 0 heterocycles. The van der Waals surface area contributed by atoms with Crippen molar-refractivity contribution in [1.29, 1.82) is 0 Å². The van der Waals surface area contributed by atoms with Crippen LogP contribution in [0.1, 0.15) is 34.8 Å². The van der Waals surface area contributed by atoms with Crippen molar-refractivity contribution in [3.05, 3.63) is 34.9 Å². The van der Waals surface area contributed by atoms with Crippen LogP contribution >= 0.6 is 0 Å². The third kappa shape index (κ3) is 2.74. The van der Waals surface area contributed by atoms with Crippen LogP contribution in [0.4, 0.5) is 13.2 Å². The largest absolute Gasteiger partial charge is 0.478 e. The number of benzene rings is 1. The second kappa shape index (κ2) is 4.55. The zero-order valence-corrected chi connectivity index (χ0v) is 8.64. The summed E-state index contributed by atoms with van der Waals surface area (Å²) < 4.78 is 37.1. The Bertz CT molecular complexity index is 397. The molecule has 5 heteroatoms. The molecule has 88 valence electrons. The average molecular weight is 232 g/mol. The maximum absolute atomic E-state index is 12.4. The molecule has 0 saturated heterocycles. The highest BCUT2D eigenvalue weighted by atomic mass is 19.4. The highest BCUT2D eigenvalue weighted by Gasteiger charge is 2.31. The molecular weight excluding hydrogens is 221 g/mol. The molecule has 0 aliphatic rings. The van der Waals surface area contributed by atoms with Crippen LogP contribution in [0.2, 0.25) is 0 Å². The van der Waals surface area contributed by atoms with Crippen molar-refractivity contribution in [2.24, 2.45) is 0 Å². The van der Waals surface area contributed by atoms with E-state index in [0.29, 0.717) is 24.5 Å². The van der Waals surface area contributed by atoms with Crippen LogP contribution in [0, 0.1) is 0 Å². The minimum Gasteiger partial charge on any atom is -0.478 e. The predicted octanol–water partition coefficient (Wildman–Crippen LogP) is 3.36. The highest BCUT2D eigenvalue weighted by Crippen LogP contribution is 2.30. The number of halogens is 3. The van der Waals surface area contributed by atoms with Gasteiger partial charge in [-0.3, -0.25) is 0 Å². The smallest absolute Gasteiger partial charge is 0.416 e. The van der Waals surface area contributed by atoms with Gasteiger partial charge in [0.1, 0.15) is 0 Å². The molecule has 1 N–H and O–H groups in total. The van der Waals surface area contributed by atoms with Gasteiger partial charge in [0, 0.05) is 0 Å². The van der Waals surface area contributed by atoms with Crippen molar-refractivity contribution < 1.29 is 23.1 Å². The molecular formula is C11H11F3O2. The Morgan fingerprint density at radius 2 is 2.00 bits per heavy atom. The number of hydrogen-bond acceptors (Lipinski definition) is 1. The first-order chi connectivity index (χ1) is 7.36. The Morgan fingerprint density at radius 1 is 1.38 bits per heavy atom. The van der Waals surface area contributed by atoms with Crippen molar-refractivity contribution in [3.63, 3.8) is 0 Å². The van der Waals surface area contributed by atoms with Crippen LogP contribution in [0.25, 0.3) is 0 Å². The van der Waals surface area contributed by atoms with Crippen molar-refractivity contribution in [2.75, 3.05) is 0 Å². The van der Waals surface area contributed by atoms with Gasteiger partial charge in [-0.15, -0.1) is 0 Å². The Kier molecular flexibility index (Phi) is 3.57. The maximum atomic E-state index is 12.4. The third-order valence-corrected chi connectivity index (χ3v) is 2.19. The molecule has 0 amide bonds. The summed E-state index contributed by atoms with van der Waals surface area (Å²) in [5, 5.41) is 8.82. The van der Waals surface area contributed by atoms with Gasteiger partial charge in [0.15, 0.2) is 0 Å². The first kappa shape index (κ1) is 12.5. The molecule has 1 rings (SSSR count). The van der Waals surface area contributed by atoms with E-state index in [9.17, 15) is 18.0 Å². The standard InChI is InChI=1S/C11H11F3O2/c1-2-3-7-4-5-8(11(12,13)14)6-9(7)10(15)16/h4-6H,2-3H2,1H3,(H,15,16). The van der Waals surface area contributed by atoms with Gasteiger partial charge >= 0.3 is 12.1 Å². The van der Waals surface area contributed by atoms with Gasteiger partial charge in [0.05, 0.1) is 11.1 Å². The molecule has 0 spiro atoms. The number of hydrogen-bond donors (Lipinski definition) is 1. The minimum atomic E-state index is -4.51. The summed E-state index contributed by atoms with van der Waals surface area (Å²) >= 11 is 0. The van der Waals surface area contributed by atoms with Crippen LogP contribution in [-0.4, -0.2) is 11.1 Å². The first-order valence-electron chi connectivity index (χ1n) is 4.79. The van der Waals surface area contributed by atoms with Crippen molar-refractivity contribution in [3.8, 4) is 0 Å². The Labute approximate surface area is 90.7 Å². The van der Waals surface area contributed by atoms with Crippen LogP contribution in [0.5, 0.6) is 0 Å². The van der Waals surface area contributed by atoms with Gasteiger partial charge in [0.2, 0.25) is 0 Å². The summed E-state index contributed by atoms with van der Waals surface area (Å²) in [6, 6.07) is 2.83. The molecule has 1 aromatic rings. The van der Waals surface area contributed by atoms with E-state index < -0.39 is 17.7 Å². The molecule has 16 heavy (non-hydrogen) atoms. The number of carboxylic acid groups (broad SMARTS) is 1. The van der Waals surface area contributed by atoms with E-state index in [1.165, 1.54) is 6.07 Å². The van der Waals surface area contributed by atoms with E-state index in [2.05, 4.69) is 0 Å². The number of carbonyl (C=O) groups is 1. The minimum absolute atomic E-state index is 0.267. The van der Waals surface area contributed by atoms with Crippen LogP contribution in [-0.2, 0) is 12.6 Å². The van der Waals surface area contributed by atoms with Crippen molar-refractivity contribution in [2.45, 2.75) is 25.9 Å². The lowest BCUT2D eigenvalue weighted by atomic mass is 10.0. The highest BCUT2D eigenvalue weighted by molar-refractivity contribution is 5.89. The summed E-state index contributed by atoms with van der Waals surface area (Å²) in [4.78, 5) is 10.8. The summed E-state index contributed by atoms with van der Waals surface area (Å²) in [5.41, 5.74) is -0.760. The lowest BCUT2D eigenvalue weighted by Crippen LogP contribution is -2.09. The fraction of sp³-hybridized carbons (Fsp3) is 0.364. The lowest BCUT2D eigenvalue weighted by molar-refractivity contribution is -0.137. The van der Waals surface area contributed by atoms with E-state index in [1.54, 1.807) is 0 Å². The summed E-state index contributed by atoms with van der Waals surface area (Å²) in [5.74, 6) is -1.32. The molecule has 2 nitrogen and oxygen atoms in total. The quantitative estimate of drug-likeness (QED) is 0.867. The molecule has 0 aliphatic carbocycles. The Balaban J connectivity index is 3.23. The molecule has 0 radical (unpaired) electrons. The number of carboxylic acids is 1. The molecule has 0 saturated carbocycles. The molecule has 0 aliphatic heterocycles. The normalized spacial score (nSPS) is 11.5. The first-order valence-corrected chi connectivity index (χ1v) is 4.79. The molecule has 0 atom stereocenters. The van der Waals surface area contributed by atoms with Gasteiger partial charge in [0.25, 0.3) is 0 Å². The van der Waals surface area contributed by atoms with Gasteiger partial charge in [-0.25, -0.2) is 4.79 Å². The average Bonchev–Trinajstić information content (AvgIpc) is 2.16. The number of aryl methyl sites for hydroxylation is 1. The molecule has 0 aromatic heterocycles. The van der Waals surface area contributed by atoms with Crippen LogP contribution in [0.3, 0.4) is 0 Å². The van der Waals surface area contributed by atoms with Crippen LogP contribution < -0.4 is 0 Å². The summed E-state index contributed by atoms with van der Waals surface area (Å²) in [6.45, 7) is 1.84. The second-order valence-electron chi connectivity index (χ2n) is 3.42. The van der Waals surface area contributed by atoms with E-state index in [-0.39, 0.29) is 5.56 Å². The second-order valence-corrected chi connectivity index (χ2v) is 3.42. The molecule has 0 fully saturated rings. The summed E-state index contributed by atoms with van der Waals surface area (Å²) in [7, 11) is 0. The lowest BCUT2D eigenvalue weighted by Gasteiger charge is -2.10. The van der Waals surface area contributed by atoms with E-state index in [1.807, 2.05) is 6.92 Å². The topological polar surface area (TPSA) is 37.3 Å². The van der Waals surface area contributed by atoms with E-state index >= 15 is 0 Å². The van der Waals surface area contributed by atoms with Gasteiger partial charge in [-0.2, -0.15) is 13.2 Å². The fourth-order valence-electron chi connectivity index (χ4n) is 1.44. The Hall–Kier alpha value is -1.52. The van der Waals surface area contributed by atoms with E-state index in [4.69, 9.17) is 5.11 Å². The zero-order valence-electron chi connectivity index (χ0n) is 8.64. The van der Waals surface area contributed by atoms with Crippen molar-refractivity contribution in [1.82, 2.24) is 0 Å². The third-order valence-electron chi connectivity index (χ3n) is 2.19. The molecule has 0 bridgehead atoms. The maximum Gasteiger partial charge on any atom is 0.416 e. The summed E-state index contributed by atoms with van der Waals surface area (Å²) in [6.07, 6.45) is -3.36. The van der Waals surface area contributed by atoms with Gasteiger partial charge in [-0.1, -0.05) is 19.4 Å². The fourth-order valence-corrected chi connectivity index (χ4v) is 1.44. The predicted molar refractivity (Wildman–Crippen MR) is 52.4 cm³/mol. The Morgan fingerprint density at radius 3 is 2.44 bits per heavy atom. The molecule has 1 aromatic carbocycles. The van der Waals surface area contributed by atoms with Crippen LogP contribution in [0.15, 0.2) is 18.2 Å². The van der Waals surface area contributed by atoms with Gasteiger partial charge in [-0.05, 0) is 24.1 Å². The molecule has 0 unspecified atom stereocenters. The van der Waals surface area contributed by atoms with Crippen molar-refractivity contribution >= 4 is 5.97 Å². The monoisotopic (exact) mass is 232 g/mol. The van der Waals surface area contributed by atoms with Gasteiger partial charge < -0.3 is 5.11 Å². The number of alkyl halides is 3. The number of aromatic carboxylic acids is 1.